The van der Waals surface area contributed by atoms with Gasteiger partial charge in [0.25, 0.3) is 0 Å². The van der Waals surface area contributed by atoms with Crippen molar-refractivity contribution in [3.63, 3.8) is 0 Å². The molecule has 0 saturated carbocycles. The first-order chi connectivity index (χ1) is 26.1. The highest BCUT2D eigenvalue weighted by molar-refractivity contribution is 6.14. The quantitative estimate of drug-likeness (QED) is 0.173. The Hall–Kier alpha value is -6.92. The Kier molecular flexibility index (Phi) is 6.20. The van der Waals surface area contributed by atoms with Crippen molar-refractivity contribution >= 4 is 66.3 Å². The summed E-state index contributed by atoms with van der Waals surface area (Å²) in [5.41, 5.74) is 9.77. The van der Waals surface area contributed by atoms with E-state index in [1.165, 1.54) is 38.3 Å². The predicted molar refractivity (Wildman–Crippen MR) is 216 cm³/mol. The topological polar surface area (TPSA) is 47.6 Å². The van der Waals surface area contributed by atoms with Crippen LogP contribution in [0, 0.1) is 0 Å². The fourth-order valence-corrected chi connectivity index (χ4v) is 8.73. The van der Waals surface area contributed by atoms with Crippen molar-refractivity contribution < 1.29 is 4.74 Å². The number of nitrogens with zero attached hydrogens (tertiary/aromatic N) is 5. The van der Waals surface area contributed by atoms with Gasteiger partial charge in [-0.3, -0.25) is 9.30 Å². The Balaban J connectivity index is 1.09. The van der Waals surface area contributed by atoms with E-state index in [0.29, 0.717) is 0 Å². The highest BCUT2D eigenvalue weighted by atomic mass is 16.5. The Bertz CT molecular complexity index is 3080. The predicted octanol–water partition coefficient (Wildman–Crippen LogP) is 12.0. The number of aromatic nitrogens is 4. The van der Waals surface area contributed by atoms with Crippen LogP contribution in [0.15, 0.2) is 164 Å². The zero-order valence-electron chi connectivity index (χ0n) is 29.2. The van der Waals surface area contributed by atoms with Gasteiger partial charge in [0.15, 0.2) is 0 Å². The first-order valence-corrected chi connectivity index (χ1v) is 18.0. The average molecular weight is 684 g/mol. The Morgan fingerprint density at radius 1 is 0.547 bits per heavy atom. The molecule has 6 aromatic carbocycles. The maximum absolute atomic E-state index is 6.67. The first-order valence-electron chi connectivity index (χ1n) is 18.0. The number of hydrogen-bond donors (Lipinski definition) is 0. The molecule has 4 aromatic heterocycles. The Morgan fingerprint density at radius 2 is 1.32 bits per heavy atom. The lowest BCUT2D eigenvalue weighted by molar-refractivity contribution is 0.483. The van der Waals surface area contributed by atoms with Crippen LogP contribution in [0.4, 0.5) is 17.2 Å². The van der Waals surface area contributed by atoms with Crippen molar-refractivity contribution in [2.75, 3.05) is 4.90 Å². The summed E-state index contributed by atoms with van der Waals surface area (Å²) < 4.78 is 11.2. The molecule has 0 atom stereocenters. The molecule has 0 fully saturated rings. The van der Waals surface area contributed by atoms with Gasteiger partial charge in [-0.15, -0.1) is 0 Å². The maximum atomic E-state index is 6.67. The van der Waals surface area contributed by atoms with Gasteiger partial charge >= 0.3 is 0 Å². The fourth-order valence-electron chi connectivity index (χ4n) is 8.73. The van der Waals surface area contributed by atoms with Crippen LogP contribution in [0.1, 0.15) is 25.0 Å². The SMILES string of the molecule is CC1(C)c2cccnc2N(c2cccc(Oc3ccc4c5ccccc5n5ccnc5c4c3)c2)c2ccc3c(c21)c1ccccc1n3-c1ccccc1. The molecule has 0 bridgehead atoms. The zero-order chi connectivity index (χ0) is 35.3. The van der Waals surface area contributed by atoms with Crippen molar-refractivity contribution in [3.05, 3.63) is 175 Å². The molecule has 11 rings (SSSR count). The van der Waals surface area contributed by atoms with Crippen LogP contribution in [0.5, 0.6) is 11.5 Å². The number of imidazole rings is 1. The zero-order valence-corrected chi connectivity index (χ0v) is 29.2. The van der Waals surface area contributed by atoms with Crippen LogP contribution in [0.3, 0.4) is 0 Å². The van der Waals surface area contributed by atoms with Crippen LogP contribution >= 0.6 is 0 Å². The van der Waals surface area contributed by atoms with Gasteiger partial charge in [-0.2, -0.15) is 0 Å². The van der Waals surface area contributed by atoms with E-state index in [9.17, 15) is 0 Å². The van der Waals surface area contributed by atoms with Crippen molar-refractivity contribution in [1.82, 2.24) is 18.9 Å². The molecule has 6 heteroatoms. The molecule has 5 heterocycles. The summed E-state index contributed by atoms with van der Waals surface area (Å²) in [5, 5.41) is 5.87. The lowest BCUT2D eigenvalue weighted by Gasteiger charge is -2.41. The summed E-state index contributed by atoms with van der Waals surface area (Å²) in [7, 11) is 0. The van der Waals surface area contributed by atoms with Crippen LogP contribution in [0.2, 0.25) is 0 Å². The molecule has 1 aliphatic heterocycles. The van der Waals surface area contributed by atoms with Gasteiger partial charge in [0.05, 0.1) is 27.9 Å². The number of ether oxygens (including phenoxy) is 1. The summed E-state index contributed by atoms with van der Waals surface area (Å²) in [6, 6.07) is 51.3. The number of rotatable bonds is 4. The van der Waals surface area contributed by atoms with E-state index in [1.807, 2.05) is 24.7 Å². The standard InChI is InChI=1S/C47H33N5O/c1-47(2)38-18-11-25-48-46(38)52(42-24-23-41-43(44(42)47)36-17-7-9-20-40(36)51(41)30-12-4-3-5-13-30)31-14-10-15-32(28-31)53-33-21-22-34-35-16-6-8-19-39(35)50-27-26-49-45(50)37(34)29-33/h3-29H,1-2H3. The summed E-state index contributed by atoms with van der Waals surface area (Å²) >= 11 is 0. The number of fused-ring (bicyclic) bond motifs is 12. The van der Waals surface area contributed by atoms with Gasteiger partial charge in [0.1, 0.15) is 23.0 Å². The second-order valence-electron chi connectivity index (χ2n) is 14.3. The highest BCUT2D eigenvalue weighted by Crippen LogP contribution is 2.55. The van der Waals surface area contributed by atoms with Gasteiger partial charge in [-0.25, -0.2) is 9.97 Å². The average Bonchev–Trinajstić information content (AvgIpc) is 3.83. The molecule has 0 aliphatic carbocycles. The molecular formula is C47H33N5O. The number of anilines is 3. The molecule has 0 unspecified atom stereocenters. The van der Waals surface area contributed by atoms with Gasteiger partial charge in [0, 0.05) is 62.9 Å². The Morgan fingerprint density at radius 3 is 2.21 bits per heavy atom. The summed E-state index contributed by atoms with van der Waals surface area (Å²) in [6.45, 7) is 4.66. The van der Waals surface area contributed by atoms with Gasteiger partial charge in [-0.1, -0.05) is 80.6 Å². The Labute approximate surface area is 305 Å². The molecule has 0 amide bonds. The molecule has 6 nitrogen and oxygen atoms in total. The molecule has 0 spiro atoms. The normalized spacial score (nSPS) is 13.6. The van der Waals surface area contributed by atoms with Gasteiger partial charge < -0.3 is 9.30 Å². The summed E-state index contributed by atoms with van der Waals surface area (Å²) in [6.07, 6.45) is 5.77. The van der Waals surface area contributed by atoms with Crippen LogP contribution < -0.4 is 9.64 Å². The lowest BCUT2D eigenvalue weighted by atomic mass is 9.73. The van der Waals surface area contributed by atoms with E-state index in [1.54, 1.807) is 0 Å². The van der Waals surface area contributed by atoms with Gasteiger partial charge in [0.2, 0.25) is 0 Å². The minimum Gasteiger partial charge on any atom is -0.457 e. The fraction of sp³-hybridized carbons (Fsp3) is 0.0638. The van der Waals surface area contributed by atoms with Crippen molar-refractivity contribution in [3.8, 4) is 17.2 Å². The van der Waals surface area contributed by atoms with E-state index in [4.69, 9.17) is 14.7 Å². The van der Waals surface area contributed by atoms with Crippen molar-refractivity contribution in [2.45, 2.75) is 19.3 Å². The minimum absolute atomic E-state index is 0.331. The molecule has 0 radical (unpaired) electrons. The van der Waals surface area contributed by atoms with E-state index in [2.05, 4.69) is 167 Å². The molecule has 0 N–H and O–H groups in total. The third-order valence-corrected chi connectivity index (χ3v) is 11.0. The number of pyridine rings is 2. The minimum atomic E-state index is -0.331. The second kappa shape index (κ2) is 11.0. The molecule has 10 aromatic rings. The summed E-state index contributed by atoms with van der Waals surface area (Å²) in [5.74, 6) is 2.42. The van der Waals surface area contributed by atoms with Crippen LogP contribution in [-0.4, -0.2) is 18.9 Å². The smallest absolute Gasteiger partial charge is 0.145 e. The van der Waals surface area contributed by atoms with E-state index in [0.717, 1.165) is 56.3 Å². The lowest BCUT2D eigenvalue weighted by Crippen LogP contribution is -2.31. The van der Waals surface area contributed by atoms with Crippen LogP contribution in [-0.2, 0) is 5.41 Å². The van der Waals surface area contributed by atoms with E-state index < -0.39 is 0 Å². The van der Waals surface area contributed by atoms with E-state index in [-0.39, 0.29) is 5.41 Å². The van der Waals surface area contributed by atoms with E-state index >= 15 is 0 Å². The van der Waals surface area contributed by atoms with Crippen molar-refractivity contribution in [1.29, 1.82) is 0 Å². The molecular weight excluding hydrogens is 651 g/mol. The maximum Gasteiger partial charge on any atom is 0.145 e. The first kappa shape index (κ1) is 29.8. The largest absolute Gasteiger partial charge is 0.457 e. The van der Waals surface area contributed by atoms with Crippen LogP contribution in [0.25, 0.3) is 54.8 Å². The number of hydrogen-bond acceptors (Lipinski definition) is 4. The third kappa shape index (κ3) is 4.26. The molecule has 0 saturated heterocycles. The number of benzene rings is 6. The van der Waals surface area contributed by atoms with Gasteiger partial charge in [-0.05, 0) is 83.7 Å². The monoisotopic (exact) mass is 683 g/mol. The molecule has 252 valence electrons. The van der Waals surface area contributed by atoms with Crippen molar-refractivity contribution in [2.24, 2.45) is 0 Å². The summed E-state index contributed by atoms with van der Waals surface area (Å²) in [4.78, 5) is 12.1. The highest BCUT2D eigenvalue weighted by Gasteiger charge is 2.40. The second-order valence-corrected chi connectivity index (χ2v) is 14.3. The molecule has 1 aliphatic rings. The third-order valence-electron chi connectivity index (χ3n) is 11.0. The molecule has 53 heavy (non-hydrogen) atoms. The number of para-hydroxylation sites is 3.